The van der Waals surface area contributed by atoms with Gasteiger partial charge in [-0.3, -0.25) is 9.59 Å². The molecule has 0 radical (unpaired) electrons. The highest BCUT2D eigenvalue weighted by Gasteiger charge is 2.29. The van der Waals surface area contributed by atoms with Gasteiger partial charge in [-0.2, -0.15) is 0 Å². The molecule has 0 aliphatic rings. The lowest BCUT2D eigenvalue weighted by molar-refractivity contribution is -0.141. The topological polar surface area (TPSA) is 49.4 Å². The van der Waals surface area contributed by atoms with Crippen molar-refractivity contribution in [3.05, 3.63) is 71.0 Å². The molecule has 0 unspecified atom stereocenters. The molecule has 0 fully saturated rings. The molecule has 2 atom stereocenters. The molecule has 4 nitrogen and oxygen atoms in total. The standard InChI is InChI=1S/C24H31FN2O2/c1-5-18(4)26-24(29)22(6-2)27(16-19-10-12-21(25)13-11-19)23(28)15-20-9-7-8-17(3)14-20/h7-14,18,22H,5-6,15-16H2,1-4H3,(H,26,29)/t18-,22+/m0/s1. The molecule has 0 saturated carbocycles. The molecular weight excluding hydrogens is 367 g/mol. The van der Waals surface area contributed by atoms with Crippen LogP contribution in [0.3, 0.4) is 0 Å². The van der Waals surface area contributed by atoms with Gasteiger partial charge in [0, 0.05) is 12.6 Å². The molecule has 29 heavy (non-hydrogen) atoms. The van der Waals surface area contributed by atoms with E-state index in [0.29, 0.717) is 6.42 Å². The van der Waals surface area contributed by atoms with E-state index in [0.717, 1.165) is 23.1 Å². The number of rotatable bonds is 9. The van der Waals surface area contributed by atoms with Crippen LogP contribution in [0.1, 0.15) is 50.3 Å². The SMILES string of the molecule is CC[C@H](C(=O)N[C@@H](C)CC)N(Cc1ccc(F)cc1)C(=O)Cc1cccc(C)c1. The summed E-state index contributed by atoms with van der Waals surface area (Å²) in [6, 6.07) is 13.3. The normalized spacial score (nSPS) is 12.9. The number of benzene rings is 2. The molecule has 0 heterocycles. The first kappa shape index (κ1) is 22.6. The average Bonchev–Trinajstić information content (AvgIpc) is 2.69. The Balaban J connectivity index is 2.28. The molecule has 0 aliphatic heterocycles. The smallest absolute Gasteiger partial charge is 0.243 e. The number of hydrogen-bond acceptors (Lipinski definition) is 2. The lowest BCUT2D eigenvalue weighted by Crippen LogP contribution is -2.51. The van der Waals surface area contributed by atoms with Gasteiger partial charge in [-0.05, 0) is 49.9 Å². The number of nitrogens with one attached hydrogen (secondary N) is 1. The lowest BCUT2D eigenvalue weighted by atomic mass is 10.0. The minimum Gasteiger partial charge on any atom is -0.352 e. The Morgan fingerprint density at radius 2 is 1.72 bits per heavy atom. The molecule has 2 aromatic rings. The van der Waals surface area contributed by atoms with Crippen LogP contribution >= 0.6 is 0 Å². The van der Waals surface area contributed by atoms with Crippen LogP contribution in [0.2, 0.25) is 0 Å². The van der Waals surface area contributed by atoms with Crippen LogP contribution in [0.15, 0.2) is 48.5 Å². The molecule has 2 rings (SSSR count). The van der Waals surface area contributed by atoms with Crippen LogP contribution in [0, 0.1) is 12.7 Å². The van der Waals surface area contributed by atoms with Gasteiger partial charge in [0.1, 0.15) is 11.9 Å². The van der Waals surface area contributed by atoms with E-state index in [9.17, 15) is 14.0 Å². The van der Waals surface area contributed by atoms with Gasteiger partial charge in [0.15, 0.2) is 0 Å². The van der Waals surface area contributed by atoms with Crippen LogP contribution in [-0.4, -0.2) is 28.8 Å². The van der Waals surface area contributed by atoms with E-state index in [4.69, 9.17) is 0 Å². The maximum Gasteiger partial charge on any atom is 0.243 e. The monoisotopic (exact) mass is 398 g/mol. The summed E-state index contributed by atoms with van der Waals surface area (Å²) in [4.78, 5) is 27.7. The Hall–Kier alpha value is -2.69. The number of halogens is 1. The number of nitrogens with zero attached hydrogens (tertiary/aromatic N) is 1. The molecule has 0 bridgehead atoms. The number of aryl methyl sites for hydroxylation is 1. The fraction of sp³-hybridized carbons (Fsp3) is 0.417. The molecule has 2 amide bonds. The van der Waals surface area contributed by atoms with Crippen molar-refractivity contribution in [2.75, 3.05) is 0 Å². The molecule has 156 valence electrons. The molecular formula is C24H31FN2O2. The van der Waals surface area contributed by atoms with Gasteiger partial charge in [0.2, 0.25) is 11.8 Å². The molecule has 0 aromatic heterocycles. The first-order valence-corrected chi connectivity index (χ1v) is 10.2. The Morgan fingerprint density at radius 1 is 1.03 bits per heavy atom. The first-order chi connectivity index (χ1) is 13.8. The zero-order valence-electron chi connectivity index (χ0n) is 17.7. The van der Waals surface area contributed by atoms with Gasteiger partial charge < -0.3 is 10.2 Å². The van der Waals surface area contributed by atoms with Crippen molar-refractivity contribution >= 4 is 11.8 Å². The largest absolute Gasteiger partial charge is 0.352 e. The molecule has 1 N–H and O–H groups in total. The molecule has 0 spiro atoms. The van der Waals surface area contributed by atoms with Crippen molar-refractivity contribution in [3.63, 3.8) is 0 Å². The fourth-order valence-corrected chi connectivity index (χ4v) is 3.25. The second-order valence-corrected chi connectivity index (χ2v) is 7.56. The second-order valence-electron chi connectivity index (χ2n) is 7.56. The highest BCUT2D eigenvalue weighted by molar-refractivity contribution is 5.88. The zero-order valence-corrected chi connectivity index (χ0v) is 17.7. The summed E-state index contributed by atoms with van der Waals surface area (Å²) in [6.07, 6.45) is 1.54. The Morgan fingerprint density at radius 3 is 2.31 bits per heavy atom. The highest BCUT2D eigenvalue weighted by atomic mass is 19.1. The Labute approximate surface area is 173 Å². The molecule has 0 saturated heterocycles. The van der Waals surface area contributed by atoms with E-state index in [1.54, 1.807) is 17.0 Å². The summed E-state index contributed by atoms with van der Waals surface area (Å²) in [5.74, 6) is -0.597. The van der Waals surface area contributed by atoms with Crippen LogP contribution in [0.5, 0.6) is 0 Å². The lowest BCUT2D eigenvalue weighted by Gasteiger charge is -2.31. The van der Waals surface area contributed by atoms with Crippen LogP contribution in [0.4, 0.5) is 4.39 Å². The summed E-state index contributed by atoms with van der Waals surface area (Å²) >= 11 is 0. The van der Waals surface area contributed by atoms with Gasteiger partial charge in [0.25, 0.3) is 0 Å². The fourth-order valence-electron chi connectivity index (χ4n) is 3.25. The number of carbonyl (C=O) groups is 2. The maximum absolute atomic E-state index is 13.3. The molecule has 5 heteroatoms. The summed E-state index contributed by atoms with van der Waals surface area (Å²) in [5, 5.41) is 2.99. The van der Waals surface area contributed by atoms with Crippen LogP contribution in [0.25, 0.3) is 0 Å². The van der Waals surface area contributed by atoms with Gasteiger partial charge >= 0.3 is 0 Å². The summed E-state index contributed by atoms with van der Waals surface area (Å²) in [5.41, 5.74) is 2.79. The van der Waals surface area contributed by atoms with Crippen molar-refractivity contribution in [2.24, 2.45) is 0 Å². The van der Waals surface area contributed by atoms with Gasteiger partial charge in [-0.25, -0.2) is 4.39 Å². The van der Waals surface area contributed by atoms with E-state index in [1.807, 2.05) is 52.0 Å². The predicted molar refractivity (Wildman–Crippen MR) is 114 cm³/mol. The summed E-state index contributed by atoms with van der Waals surface area (Å²) < 4.78 is 13.3. The van der Waals surface area contributed by atoms with Gasteiger partial charge in [-0.1, -0.05) is 55.8 Å². The van der Waals surface area contributed by atoms with E-state index in [2.05, 4.69) is 5.32 Å². The minimum absolute atomic E-state index is 0.0381. The van der Waals surface area contributed by atoms with Crippen LogP contribution in [-0.2, 0) is 22.6 Å². The van der Waals surface area contributed by atoms with Gasteiger partial charge in [-0.15, -0.1) is 0 Å². The third-order valence-corrected chi connectivity index (χ3v) is 5.09. The van der Waals surface area contributed by atoms with E-state index < -0.39 is 6.04 Å². The van der Waals surface area contributed by atoms with Gasteiger partial charge in [0.05, 0.1) is 6.42 Å². The molecule has 2 aromatic carbocycles. The zero-order chi connectivity index (χ0) is 21.4. The van der Waals surface area contributed by atoms with Crippen LogP contribution < -0.4 is 5.32 Å². The molecule has 0 aliphatic carbocycles. The minimum atomic E-state index is -0.577. The Bertz CT molecular complexity index is 820. The predicted octanol–water partition coefficient (Wildman–Crippen LogP) is 4.40. The third-order valence-electron chi connectivity index (χ3n) is 5.09. The number of carbonyl (C=O) groups excluding carboxylic acids is 2. The quantitative estimate of drug-likeness (QED) is 0.681. The first-order valence-electron chi connectivity index (χ1n) is 10.2. The highest BCUT2D eigenvalue weighted by Crippen LogP contribution is 2.16. The van der Waals surface area contributed by atoms with Crippen molar-refractivity contribution in [2.45, 2.75) is 65.6 Å². The van der Waals surface area contributed by atoms with E-state index in [1.165, 1.54) is 12.1 Å². The van der Waals surface area contributed by atoms with E-state index in [-0.39, 0.29) is 36.6 Å². The van der Waals surface area contributed by atoms with Crippen molar-refractivity contribution in [1.29, 1.82) is 0 Å². The maximum atomic E-state index is 13.3. The second kappa shape index (κ2) is 10.7. The number of hydrogen-bond donors (Lipinski definition) is 1. The van der Waals surface area contributed by atoms with Crippen molar-refractivity contribution in [3.8, 4) is 0 Å². The summed E-state index contributed by atoms with van der Waals surface area (Å²) in [7, 11) is 0. The Kier molecular flexibility index (Phi) is 8.37. The van der Waals surface area contributed by atoms with Crippen molar-refractivity contribution in [1.82, 2.24) is 10.2 Å². The van der Waals surface area contributed by atoms with Crippen molar-refractivity contribution < 1.29 is 14.0 Å². The third kappa shape index (κ3) is 6.70. The average molecular weight is 399 g/mol. The van der Waals surface area contributed by atoms with E-state index >= 15 is 0 Å². The summed E-state index contributed by atoms with van der Waals surface area (Å²) in [6.45, 7) is 8.10. The number of amides is 2.